The Labute approximate surface area is 69.2 Å². The Hall–Kier alpha value is -0.330. The van der Waals surface area contributed by atoms with Crippen LogP contribution in [-0.4, -0.2) is 6.29 Å². The van der Waals surface area contributed by atoms with Crippen molar-refractivity contribution in [1.29, 1.82) is 0 Å². The molecule has 1 radical (unpaired) electrons. The highest BCUT2D eigenvalue weighted by Crippen LogP contribution is 2.53. The first-order valence-electron chi connectivity index (χ1n) is 4.49. The van der Waals surface area contributed by atoms with E-state index in [9.17, 15) is 4.79 Å². The van der Waals surface area contributed by atoms with E-state index in [2.05, 4.69) is 20.8 Å². The summed E-state index contributed by atoms with van der Waals surface area (Å²) >= 11 is 0. The molecule has 0 aromatic heterocycles. The van der Waals surface area contributed by atoms with Crippen molar-refractivity contribution in [2.75, 3.05) is 0 Å². The van der Waals surface area contributed by atoms with Gasteiger partial charge >= 0.3 is 0 Å². The summed E-state index contributed by atoms with van der Waals surface area (Å²) < 4.78 is 0. The van der Waals surface area contributed by atoms with Crippen LogP contribution >= 0.6 is 0 Å². The van der Waals surface area contributed by atoms with Crippen molar-refractivity contribution in [3.8, 4) is 0 Å². The smallest absolute Gasteiger partial charge is 0.198 e. The lowest BCUT2D eigenvalue weighted by Crippen LogP contribution is -2.44. The van der Waals surface area contributed by atoms with Gasteiger partial charge in [-0.2, -0.15) is 0 Å². The molecular formula is C10H17O. The van der Waals surface area contributed by atoms with E-state index in [1.165, 1.54) is 12.8 Å². The van der Waals surface area contributed by atoms with Crippen LogP contribution in [0.2, 0.25) is 0 Å². The highest BCUT2D eigenvalue weighted by molar-refractivity contribution is 5.52. The quantitative estimate of drug-likeness (QED) is 0.609. The monoisotopic (exact) mass is 153 g/mol. The lowest BCUT2D eigenvalue weighted by molar-refractivity contribution is -0.0102. The summed E-state index contributed by atoms with van der Waals surface area (Å²) in [7, 11) is 0. The Bertz CT molecular complexity index is 153. The molecule has 0 amide bonds. The van der Waals surface area contributed by atoms with Crippen molar-refractivity contribution in [2.24, 2.45) is 17.3 Å². The third kappa shape index (κ3) is 1.33. The first kappa shape index (κ1) is 8.76. The Kier molecular flexibility index (Phi) is 2.36. The average Bonchev–Trinajstić information content (AvgIpc) is 2.00. The first-order valence-corrected chi connectivity index (χ1v) is 4.49. The van der Waals surface area contributed by atoms with Crippen LogP contribution in [-0.2, 0) is 4.79 Å². The van der Waals surface area contributed by atoms with E-state index in [0.29, 0.717) is 12.3 Å². The minimum absolute atomic E-state index is 0.280. The fraction of sp³-hybridized carbons (Fsp3) is 0.900. The third-order valence-electron chi connectivity index (χ3n) is 3.54. The number of rotatable bonds is 3. The van der Waals surface area contributed by atoms with Gasteiger partial charge in [0.05, 0.1) is 0 Å². The lowest BCUT2D eigenvalue weighted by atomic mass is 9.53. The fourth-order valence-electron chi connectivity index (χ4n) is 2.27. The van der Waals surface area contributed by atoms with E-state index >= 15 is 0 Å². The van der Waals surface area contributed by atoms with Crippen LogP contribution in [0.15, 0.2) is 0 Å². The highest BCUT2D eigenvalue weighted by Gasteiger charge is 2.46. The topological polar surface area (TPSA) is 17.1 Å². The van der Waals surface area contributed by atoms with Gasteiger partial charge in [-0.05, 0) is 23.7 Å². The zero-order valence-electron chi connectivity index (χ0n) is 7.68. The number of carbonyl (C=O) groups excluding carboxylic acids is 1. The molecule has 0 saturated heterocycles. The second-order valence-electron chi connectivity index (χ2n) is 4.14. The van der Waals surface area contributed by atoms with Gasteiger partial charge < -0.3 is 0 Å². The van der Waals surface area contributed by atoms with Crippen molar-refractivity contribution in [3.63, 3.8) is 0 Å². The molecule has 0 spiro atoms. The molecule has 0 aromatic rings. The predicted molar refractivity (Wildman–Crippen MR) is 46.0 cm³/mol. The molecule has 0 N–H and O–H groups in total. The van der Waals surface area contributed by atoms with Crippen LogP contribution in [0.25, 0.3) is 0 Å². The molecule has 1 rings (SSSR count). The number of hydrogen-bond acceptors (Lipinski definition) is 1. The first-order chi connectivity index (χ1) is 5.14. The maximum absolute atomic E-state index is 10.2. The molecule has 1 nitrogen and oxygen atoms in total. The SMILES string of the molecule is CCC1CC(C)(C[C]=O)C1C. The summed E-state index contributed by atoms with van der Waals surface area (Å²) in [6.07, 6.45) is 5.15. The van der Waals surface area contributed by atoms with E-state index < -0.39 is 0 Å². The van der Waals surface area contributed by atoms with Crippen molar-refractivity contribution < 1.29 is 4.79 Å². The maximum atomic E-state index is 10.2. The molecule has 1 saturated carbocycles. The molecule has 63 valence electrons. The molecule has 1 fully saturated rings. The maximum Gasteiger partial charge on any atom is 0.198 e. The van der Waals surface area contributed by atoms with Gasteiger partial charge in [0.1, 0.15) is 0 Å². The predicted octanol–water partition coefficient (Wildman–Crippen LogP) is 2.56. The zero-order valence-corrected chi connectivity index (χ0v) is 7.68. The van der Waals surface area contributed by atoms with Crippen LogP contribution < -0.4 is 0 Å². The van der Waals surface area contributed by atoms with Crippen LogP contribution in [0, 0.1) is 17.3 Å². The van der Waals surface area contributed by atoms with Gasteiger partial charge in [-0.3, -0.25) is 4.79 Å². The van der Waals surface area contributed by atoms with Crippen molar-refractivity contribution in [3.05, 3.63) is 0 Å². The van der Waals surface area contributed by atoms with Crippen LogP contribution in [0.3, 0.4) is 0 Å². The molecule has 1 heteroatoms. The third-order valence-corrected chi connectivity index (χ3v) is 3.54. The lowest BCUT2D eigenvalue weighted by Gasteiger charge is -2.51. The minimum atomic E-state index is 0.280. The van der Waals surface area contributed by atoms with Gasteiger partial charge in [0.25, 0.3) is 0 Å². The standard InChI is InChI=1S/C10H17O/c1-4-9-7-10(3,5-6-11)8(9)2/h8-9H,4-5,7H2,1-3H3. The second kappa shape index (κ2) is 2.96. The molecule has 0 aromatic carbocycles. The number of hydrogen-bond donors (Lipinski definition) is 0. The largest absolute Gasteiger partial charge is 0.291 e. The van der Waals surface area contributed by atoms with E-state index in [-0.39, 0.29) is 5.41 Å². The van der Waals surface area contributed by atoms with Crippen LogP contribution in [0.4, 0.5) is 0 Å². The van der Waals surface area contributed by atoms with Crippen molar-refractivity contribution in [2.45, 2.75) is 40.0 Å². The summed E-state index contributed by atoms with van der Waals surface area (Å²) in [4.78, 5) is 10.2. The van der Waals surface area contributed by atoms with Gasteiger partial charge in [0, 0.05) is 6.42 Å². The summed E-state index contributed by atoms with van der Waals surface area (Å²) in [6, 6.07) is 0. The molecule has 0 bridgehead atoms. The molecule has 0 aliphatic heterocycles. The Morgan fingerprint density at radius 1 is 1.64 bits per heavy atom. The van der Waals surface area contributed by atoms with E-state index in [0.717, 1.165) is 5.92 Å². The molecule has 11 heavy (non-hydrogen) atoms. The van der Waals surface area contributed by atoms with Crippen molar-refractivity contribution >= 4 is 6.29 Å². The molecular weight excluding hydrogens is 136 g/mol. The van der Waals surface area contributed by atoms with E-state index in [1.807, 2.05) is 6.29 Å². The Morgan fingerprint density at radius 2 is 2.27 bits per heavy atom. The zero-order chi connectivity index (χ0) is 8.48. The minimum Gasteiger partial charge on any atom is -0.291 e. The molecule has 1 aliphatic carbocycles. The Morgan fingerprint density at radius 3 is 2.64 bits per heavy atom. The van der Waals surface area contributed by atoms with Gasteiger partial charge in [-0.1, -0.05) is 27.2 Å². The Balaban J connectivity index is 2.46. The molecule has 0 heterocycles. The average molecular weight is 153 g/mol. The molecule has 3 atom stereocenters. The van der Waals surface area contributed by atoms with Gasteiger partial charge in [0.2, 0.25) is 0 Å². The second-order valence-corrected chi connectivity index (χ2v) is 4.14. The van der Waals surface area contributed by atoms with E-state index in [4.69, 9.17) is 0 Å². The summed E-state index contributed by atoms with van der Waals surface area (Å²) in [5.41, 5.74) is 0.280. The summed E-state index contributed by atoms with van der Waals surface area (Å²) in [5.74, 6) is 1.57. The van der Waals surface area contributed by atoms with Crippen LogP contribution in [0.5, 0.6) is 0 Å². The van der Waals surface area contributed by atoms with Gasteiger partial charge in [0.15, 0.2) is 6.29 Å². The van der Waals surface area contributed by atoms with Crippen molar-refractivity contribution in [1.82, 2.24) is 0 Å². The fourth-order valence-corrected chi connectivity index (χ4v) is 2.27. The summed E-state index contributed by atoms with van der Waals surface area (Å²) in [5, 5.41) is 0. The van der Waals surface area contributed by atoms with Crippen LogP contribution in [0.1, 0.15) is 40.0 Å². The van der Waals surface area contributed by atoms with Gasteiger partial charge in [-0.25, -0.2) is 0 Å². The summed E-state index contributed by atoms with van der Waals surface area (Å²) in [6.45, 7) is 6.69. The van der Waals surface area contributed by atoms with E-state index in [1.54, 1.807) is 0 Å². The van der Waals surface area contributed by atoms with Gasteiger partial charge in [-0.15, -0.1) is 0 Å². The highest BCUT2D eigenvalue weighted by atomic mass is 16.1. The normalized spacial score (nSPS) is 43.2. The molecule has 3 unspecified atom stereocenters. The molecule has 1 aliphatic rings.